The Balaban J connectivity index is 1.39. The lowest BCUT2D eigenvalue weighted by Gasteiger charge is -2.38. The van der Waals surface area contributed by atoms with Crippen molar-refractivity contribution in [2.75, 3.05) is 31.1 Å². The largest absolute Gasteiger partial charge is 0.489 e. The minimum atomic E-state index is 0.127. The fraction of sp³-hybridized carbons (Fsp3) is 0.333. The lowest BCUT2D eigenvalue weighted by atomic mass is 10.2. The molecule has 0 N–H and O–H groups in total. The Labute approximate surface area is 186 Å². The van der Waals surface area contributed by atoms with Gasteiger partial charge in [0.25, 0.3) is 0 Å². The zero-order valence-electron chi connectivity index (χ0n) is 17.8. The van der Waals surface area contributed by atoms with E-state index in [4.69, 9.17) is 9.72 Å². The molecule has 0 saturated carbocycles. The molecular formula is C24H26N4O2S. The van der Waals surface area contributed by atoms with Crippen molar-refractivity contribution < 1.29 is 9.53 Å². The third kappa shape index (κ3) is 5.13. The van der Waals surface area contributed by atoms with Crippen LogP contribution < -0.4 is 9.64 Å². The van der Waals surface area contributed by atoms with Crippen molar-refractivity contribution in [3.05, 3.63) is 65.6 Å². The van der Waals surface area contributed by atoms with E-state index in [9.17, 15) is 4.79 Å². The summed E-state index contributed by atoms with van der Waals surface area (Å²) < 4.78 is 5.98. The summed E-state index contributed by atoms with van der Waals surface area (Å²) in [5, 5.41) is 2.96. The molecule has 1 aliphatic heterocycles. The molecule has 0 atom stereocenters. The Morgan fingerprint density at radius 2 is 1.87 bits per heavy atom. The topological polar surface area (TPSA) is 58.6 Å². The van der Waals surface area contributed by atoms with E-state index >= 15 is 0 Å². The van der Waals surface area contributed by atoms with Gasteiger partial charge in [-0.1, -0.05) is 12.1 Å². The predicted molar refractivity (Wildman–Crippen MR) is 124 cm³/mol. The normalized spacial score (nSPS) is 13.9. The first-order valence-corrected chi connectivity index (χ1v) is 11.4. The van der Waals surface area contributed by atoms with Gasteiger partial charge in [-0.25, -0.2) is 9.78 Å². The van der Waals surface area contributed by atoms with Gasteiger partial charge in [-0.05, 0) is 38.1 Å². The number of nitrogens with zero attached hydrogens (tertiary/aromatic N) is 4. The molecule has 160 valence electrons. The van der Waals surface area contributed by atoms with E-state index in [1.807, 2.05) is 49.6 Å². The predicted octanol–water partition coefficient (Wildman–Crippen LogP) is 4.07. The highest BCUT2D eigenvalue weighted by molar-refractivity contribution is 7.13. The molecular weight excluding hydrogens is 408 g/mol. The number of hydrogen-bond acceptors (Lipinski definition) is 7. The van der Waals surface area contributed by atoms with Crippen LogP contribution in [0.3, 0.4) is 0 Å². The standard InChI is InChI=1S/C24H26N4O2S/c1-18(2)30-23-6-4-3-5-22(23)28-13-11-27(12-14-28)21(16-29)15-20-17-31-24(26-20)19-7-9-25-10-8-19/h3-10,17-18H,11-15H2,1-2H3. The molecule has 2 aromatic heterocycles. The van der Waals surface area contributed by atoms with Gasteiger partial charge in [0.1, 0.15) is 22.4 Å². The maximum atomic E-state index is 11.7. The van der Waals surface area contributed by atoms with Crippen LogP contribution in [0.2, 0.25) is 0 Å². The van der Waals surface area contributed by atoms with Crippen molar-refractivity contribution in [1.29, 1.82) is 0 Å². The summed E-state index contributed by atoms with van der Waals surface area (Å²) in [7, 11) is 0. The summed E-state index contributed by atoms with van der Waals surface area (Å²) in [6.07, 6.45) is 4.15. The number of pyridine rings is 1. The van der Waals surface area contributed by atoms with Crippen LogP contribution >= 0.6 is 11.3 Å². The first kappa shape index (κ1) is 21.1. The van der Waals surface area contributed by atoms with Crippen molar-refractivity contribution in [3.8, 4) is 16.3 Å². The summed E-state index contributed by atoms with van der Waals surface area (Å²) >= 11 is 1.58. The average molecular weight is 435 g/mol. The van der Waals surface area contributed by atoms with Crippen molar-refractivity contribution >= 4 is 23.0 Å². The summed E-state index contributed by atoms with van der Waals surface area (Å²) in [5.41, 5.74) is 3.71. The number of para-hydroxylation sites is 2. The smallest absolute Gasteiger partial charge is 0.146 e. The average Bonchev–Trinajstić information content (AvgIpc) is 3.27. The lowest BCUT2D eigenvalue weighted by Crippen LogP contribution is -2.46. The molecule has 1 aromatic carbocycles. The first-order chi connectivity index (χ1) is 15.1. The molecule has 1 saturated heterocycles. The van der Waals surface area contributed by atoms with Gasteiger partial charge in [0.2, 0.25) is 0 Å². The van der Waals surface area contributed by atoms with Gasteiger partial charge in [0, 0.05) is 55.9 Å². The van der Waals surface area contributed by atoms with Crippen LogP contribution in [-0.4, -0.2) is 53.1 Å². The van der Waals surface area contributed by atoms with Crippen LogP contribution in [0.4, 0.5) is 5.69 Å². The fourth-order valence-corrected chi connectivity index (χ4v) is 4.51. The number of hydrogen-bond donors (Lipinski definition) is 0. The summed E-state index contributed by atoms with van der Waals surface area (Å²) in [6.45, 7) is 7.25. The van der Waals surface area contributed by atoms with Gasteiger partial charge < -0.3 is 14.5 Å². The van der Waals surface area contributed by atoms with Gasteiger partial charge in [-0.3, -0.25) is 4.98 Å². The van der Waals surface area contributed by atoms with Gasteiger partial charge >= 0.3 is 0 Å². The molecule has 0 radical (unpaired) electrons. The number of aromatic nitrogens is 2. The molecule has 0 aliphatic carbocycles. The molecule has 1 fully saturated rings. The molecule has 3 aromatic rings. The number of carbonyl (C=O) groups excluding carboxylic acids is 1. The second-order valence-corrected chi connectivity index (χ2v) is 8.57. The molecule has 4 rings (SSSR count). The Bertz CT molecular complexity index is 1050. The zero-order valence-corrected chi connectivity index (χ0v) is 18.6. The summed E-state index contributed by atoms with van der Waals surface area (Å²) in [5.74, 6) is 3.07. The first-order valence-electron chi connectivity index (χ1n) is 10.5. The Morgan fingerprint density at radius 3 is 2.58 bits per heavy atom. The van der Waals surface area contributed by atoms with E-state index in [1.165, 1.54) is 0 Å². The van der Waals surface area contributed by atoms with Crippen LogP contribution in [0.15, 0.2) is 59.9 Å². The van der Waals surface area contributed by atoms with E-state index in [1.54, 1.807) is 23.7 Å². The minimum absolute atomic E-state index is 0.127. The number of benzene rings is 1. The van der Waals surface area contributed by atoms with Crippen molar-refractivity contribution in [2.45, 2.75) is 26.4 Å². The third-order valence-corrected chi connectivity index (χ3v) is 6.12. The molecule has 1 aliphatic rings. The van der Waals surface area contributed by atoms with E-state index in [-0.39, 0.29) is 6.10 Å². The van der Waals surface area contributed by atoms with E-state index in [2.05, 4.69) is 26.8 Å². The molecule has 0 amide bonds. The van der Waals surface area contributed by atoms with Gasteiger partial charge in [0.15, 0.2) is 0 Å². The zero-order chi connectivity index (χ0) is 21.6. The highest BCUT2D eigenvalue weighted by Crippen LogP contribution is 2.30. The molecule has 0 unspecified atom stereocenters. The monoisotopic (exact) mass is 434 g/mol. The van der Waals surface area contributed by atoms with Crippen LogP contribution in [0.5, 0.6) is 5.75 Å². The maximum Gasteiger partial charge on any atom is 0.146 e. The van der Waals surface area contributed by atoms with Crippen LogP contribution in [0.25, 0.3) is 10.6 Å². The van der Waals surface area contributed by atoms with Crippen LogP contribution in [0, 0.1) is 0 Å². The summed E-state index contributed by atoms with van der Waals surface area (Å²) in [6, 6.07) is 12.0. The molecule has 31 heavy (non-hydrogen) atoms. The quantitative estimate of drug-likeness (QED) is 0.523. The Kier molecular flexibility index (Phi) is 6.65. The molecule has 3 heterocycles. The van der Waals surface area contributed by atoms with E-state index < -0.39 is 0 Å². The van der Waals surface area contributed by atoms with Crippen molar-refractivity contribution in [1.82, 2.24) is 14.9 Å². The molecule has 6 nitrogen and oxygen atoms in total. The number of allylic oxidation sites excluding steroid dienone is 1. The molecule has 7 heteroatoms. The van der Waals surface area contributed by atoms with Crippen LogP contribution in [0.1, 0.15) is 19.5 Å². The number of piperazine rings is 1. The Hall–Kier alpha value is -3.15. The fourth-order valence-electron chi connectivity index (χ4n) is 3.69. The van der Waals surface area contributed by atoms with Gasteiger partial charge in [-0.2, -0.15) is 0 Å². The number of ether oxygens (including phenoxy) is 1. The molecule has 0 spiro atoms. The van der Waals surface area contributed by atoms with Crippen molar-refractivity contribution in [2.24, 2.45) is 0 Å². The SMILES string of the molecule is CC(C)Oc1ccccc1N1CCN(C(=C=O)Cc2csc(-c3ccncc3)n2)CC1. The summed E-state index contributed by atoms with van der Waals surface area (Å²) in [4.78, 5) is 24.9. The van der Waals surface area contributed by atoms with E-state index in [0.29, 0.717) is 12.1 Å². The second-order valence-electron chi connectivity index (χ2n) is 7.71. The van der Waals surface area contributed by atoms with Gasteiger partial charge in [-0.15, -0.1) is 11.3 Å². The van der Waals surface area contributed by atoms with Gasteiger partial charge in [0.05, 0.1) is 17.5 Å². The third-order valence-electron chi connectivity index (χ3n) is 5.18. The highest BCUT2D eigenvalue weighted by Gasteiger charge is 2.22. The van der Waals surface area contributed by atoms with Crippen molar-refractivity contribution in [3.63, 3.8) is 0 Å². The lowest BCUT2D eigenvalue weighted by molar-refractivity contribution is 0.241. The highest BCUT2D eigenvalue weighted by atomic mass is 32.1. The number of rotatable bonds is 7. The molecule has 0 bridgehead atoms. The second kappa shape index (κ2) is 9.77. The van der Waals surface area contributed by atoms with Crippen LogP contribution in [-0.2, 0) is 11.2 Å². The Morgan fingerprint density at radius 1 is 1.13 bits per heavy atom. The van der Waals surface area contributed by atoms with E-state index in [0.717, 1.165) is 53.9 Å². The maximum absolute atomic E-state index is 11.7. The number of anilines is 1. The number of thiazole rings is 1. The minimum Gasteiger partial charge on any atom is -0.489 e.